The van der Waals surface area contributed by atoms with E-state index in [2.05, 4.69) is 35.9 Å². The van der Waals surface area contributed by atoms with Gasteiger partial charge in [0.15, 0.2) is 0 Å². The highest BCUT2D eigenvalue weighted by Gasteiger charge is 2.56. The molecule has 0 spiro atoms. The summed E-state index contributed by atoms with van der Waals surface area (Å²) in [5, 5.41) is 12.8. The van der Waals surface area contributed by atoms with Crippen molar-refractivity contribution in [1.29, 1.82) is 0 Å². The average molecular weight is 509 g/mol. The van der Waals surface area contributed by atoms with Gasteiger partial charge in [0.2, 0.25) is 11.8 Å². The third kappa shape index (κ3) is 5.28. The molecule has 3 aliphatic heterocycles. The van der Waals surface area contributed by atoms with E-state index in [1.54, 1.807) is 47.8 Å². The SMILES string of the molecule is CCCCCN1CN(C(C(=O)NC2C(=O)N3CC(C)(C)SC23)c2ccc(O)cc2)CSC1=S. The zero-order valence-electron chi connectivity index (χ0n) is 19.3. The molecule has 33 heavy (non-hydrogen) atoms. The molecule has 0 aliphatic carbocycles. The fourth-order valence-electron chi connectivity index (χ4n) is 4.57. The van der Waals surface area contributed by atoms with Gasteiger partial charge in [-0.15, -0.1) is 11.8 Å². The van der Waals surface area contributed by atoms with E-state index in [0.717, 1.165) is 35.7 Å². The monoisotopic (exact) mass is 508 g/mol. The molecule has 3 atom stereocenters. The van der Waals surface area contributed by atoms with Crippen molar-refractivity contribution < 1.29 is 14.7 Å². The summed E-state index contributed by atoms with van der Waals surface area (Å²) >= 11 is 8.88. The topological polar surface area (TPSA) is 76.1 Å². The predicted octanol–water partition coefficient (Wildman–Crippen LogP) is 3.35. The van der Waals surface area contributed by atoms with Crippen molar-refractivity contribution >= 4 is 51.9 Å². The number of nitrogens with zero attached hydrogens (tertiary/aromatic N) is 3. The molecule has 2 amide bonds. The molecule has 0 aromatic heterocycles. The van der Waals surface area contributed by atoms with Crippen LogP contribution in [0.15, 0.2) is 24.3 Å². The highest BCUT2D eigenvalue weighted by molar-refractivity contribution is 8.22. The molecular weight excluding hydrogens is 476 g/mol. The molecule has 3 saturated heterocycles. The number of aromatic hydroxyl groups is 1. The summed E-state index contributed by atoms with van der Waals surface area (Å²) in [6, 6.07) is 5.69. The van der Waals surface area contributed by atoms with Crippen molar-refractivity contribution in [3.63, 3.8) is 0 Å². The first-order valence-electron chi connectivity index (χ1n) is 11.4. The molecule has 3 unspecified atom stereocenters. The lowest BCUT2D eigenvalue weighted by Gasteiger charge is -2.44. The van der Waals surface area contributed by atoms with Crippen LogP contribution in [0.1, 0.15) is 51.6 Å². The lowest BCUT2D eigenvalue weighted by molar-refractivity contribution is -0.148. The fourth-order valence-corrected chi connectivity index (χ4v) is 7.20. The van der Waals surface area contributed by atoms with Gasteiger partial charge in [0, 0.05) is 17.8 Å². The number of rotatable bonds is 8. The normalized spacial score (nSPS) is 25.5. The quantitative estimate of drug-likeness (QED) is 0.315. The van der Waals surface area contributed by atoms with Gasteiger partial charge in [-0.2, -0.15) is 0 Å². The third-order valence-corrected chi connectivity index (χ3v) is 9.36. The number of thioether (sulfide) groups is 2. The summed E-state index contributed by atoms with van der Waals surface area (Å²) in [7, 11) is 0. The molecule has 1 aromatic rings. The van der Waals surface area contributed by atoms with Gasteiger partial charge in [0.25, 0.3) is 0 Å². The standard InChI is InChI=1S/C23H32N4O3S3/c1-4-5-6-11-25-13-26(14-32-22(25)31)18(15-7-9-16(28)10-8-15)19(29)24-17-20(30)27-12-23(2,3)33-21(17)27/h7-10,17-18,21,28H,4-6,11-14H2,1-3H3,(H,24,29). The number of benzene rings is 1. The molecule has 2 N–H and O–H groups in total. The maximum absolute atomic E-state index is 13.6. The summed E-state index contributed by atoms with van der Waals surface area (Å²) in [6.07, 6.45) is 3.34. The van der Waals surface area contributed by atoms with Gasteiger partial charge in [-0.25, -0.2) is 0 Å². The van der Waals surface area contributed by atoms with Gasteiger partial charge >= 0.3 is 0 Å². The molecule has 1 aromatic carbocycles. The molecule has 0 radical (unpaired) electrons. The van der Waals surface area contributed by atoms with Gasteiger partial charge in [0.05, 0.1) is 12.5 Å². The number of hydrogen-bond donors (Lipinski definition) is 2. The summed E-state index contributed by atoms with van der Waals surface area (Å²) in [6.45, 7) is 8.56. The number of thiocarbonyl (C=S) groups is 1. The second-order valence-corrected chi connectivity index (χ2v) is 12.9. The van der Waals surface area contributed by atoms with Gasteiger partial charge in [-0.1, -0.05) is 55.9 Å². The highest BCUT2D eigenvalue weighted by atomic mass is 32.2. The molecule has 3 heterocycles. The van der Waals surface area contributed by atoms with E-state index in [4.69, 9.17) is 12.2 Å². The number of β-lactam (4-membered cyclic amide) rings is 1. The zero-order chi connectivity index (χ0) is 23.8. The highest BCUT2D eigenvalue weighted by Crippen LogP contribution is 2.46. The van der Waals surface area contributed by atoms with Crippen molar-refractivity contribution in [2.75, 3.05) is 25.6 Å². The molecule has 7 nitrogen and oxygen atoms in total. The molecule has 4 rings (SSSR count). The number of phenolic OH excluding ortho intramolecular Hbond substituents is 1. The van der Waals surface area contributed by atoms with Crippen LogP contribution in [0.4, 0.5) is 0 Å². The minimum absolute atomic E-state index is 0.00560. The van der Waals surface area contributed by atoms with Gasteiger partial charge < -0.3 is 20.2 Å². The van der Waals surface area contributed by atoms with Crippen LogP contribution in [0.25, 0.3) is 0 Å². The second-order valence-electron chi connectivity index (χ2n) is 9.45. The van der Waals surface area contributed by atoms with Crippen molar-refractivity contribution in [1.82, 2.24) is 20.0 Å². The number of unbranched alkanes of at least 4 members (excludes halogenated alkanes) is 2. The molecule has 0 bridgehead atoms. The smallest absolute Gasteiger partial charge is 0.249 e. The Bertz CT molecular complexity index is 911. The van der Waals surface area contributed by atoms with Crippen molar-refractivity contribution in [3.05, 3.63) is 29.8 Å². The zero-order valence-corrected chi connectivity index (χ0v) is 21.8. The number of amides is 2. The second kappa shape index (κ2) is 10.0. The Balaban J connectivity index is 1.51. The molecule has 3 aliphatic rings. The molecule has 3 fully saturated rings. The van der Waals surface area contributed by atoms with Crippen molar-refractivity contribution in [2.24, 2.45) is 0 Å². The van der Waals surface area contributed by atoms with E-state index < -0.39 is 12.1 Å². The third-order valence-electron chi connectivity index (χ3n) is 6.25. The van der Waals surface area contributed by atoms with Gasteiger partial charge in [0.1, 0.15) is 27.5 Å². The summed E-state index contributed by atoms with van der Waals surface area (Å²) in [4.78, 5) is 32.4. The van der Waals surface area contributed by atoms with E-state index >= 15 is 0 Å². The molecular formula is C23H32N4O3S3. The summed E-state index contributed by atoms with van der Waals surface area (Å²) < 4.78 is 0.857. The Kier molecular flexibility index (Phi) is 7.47. The van der Waals surface area contributed by atoms with Crippen LogP contribution in [0, 0.1) is 0 Å². The lowest BCUT2D eigenvalue weighted by atomic mass is 10.0. The number of nitrogens with one attached hydrogen (secondary N) is 1. The summed E-state index contributed by atoms with van der Waals surface area (Å²) in [5.74, 6) is 0.553. The maximum Gasteiger partial charge on any atom is 0.249 e. The number of hydrogen-bond acceptors (Lipinski definition) is 7. The Morgan fingerprint density at radius 2 is 2.03 bits per heavy atom. The Hall–Kier alpha value is -1.49. The van der Waals surface area contributed by atoms with E-state index in [1.165, 1.54) is 0 Å². The van der Waals surface area contributed by atoms with E-state index in [9.17, 15) is 14.7 Å². The first kappa shape index (κ1) is 24.6. The van der Waals surface area contributed by atoms with E-state index in [-0.39, 0.29) is 27.7 Å². The van der Waals surface area contributed by atoms with E-state index in [0.29, 0.717) is 19.1 Å². The molecule has 180 valence electrons. The van der Waals surface area contributed by atoms with Gasteiger partial charge in [-0.3, -0.25) is 14.5 Å². The van der Waals surface area contributed by atoms with Crippen molar-refractivity contribution in [2.45, 2.75) is 62.2 Å². The van der Waals surface area contributed by atoms with Crippen LogP contribution >= 0.6 is 35.7 Å². The van der Waals surface area contributed by atoms with Crippen LogP contribution in [0.2, 0.25) is 0 Å². The average Bonchev–Trinajstić information content (AvgIpc) is 3.07. The number of carbonyl (C=O) groups is 2. The van der Waals surface area contributed by atoms with Crippen LogP contribution in [-0.4, -0.2) is 77.7 Å². The van der Waals surface area contributed by atoms with Crippen LogP contribution in [0.5, 0.6) is 5.75 Å². The number of fused-ring (bicyclic) bond motifs is 1. The van der Waals surface area contributed by atoms with Crippen LogP contribution in [-0.2, 0) is 9.59 Å². The minimum Gasteiger partial charge on any atom is -0.508 e. The Morgan fingerprint density at radius 1 is 1.30 bits per heavy atom. The summed E-state index contributed by atoms with van der Waals surface area (Å²) in [5.41, 5.74) is 0.787. The van der Waals surface area contributed by atoms with E-state index in [1.807, 2.05) is 4.90 Å². The largest absolute Gasteiger partial charge is 0.508 e. The fraction of sp³-hybridized carbons (Fsp3) is 0.609. The maximum atomic E-state index is 13.6. The van der Waals surface area contributed by atoms with Crippen LogP contribution in [0.3, 0.4) is 0 Å². The molecule has 10 heteroatoms. The first-order chi connectivity index (χ1) is 15.7. The Morgan fingerprint density at radius 3 is 2.73 bits per heavy atom. The van der Waals surface area contributed by atoms with Gasteiger partial charge in [-0.05, 0) is 38.0 Å². The number of phenols is 1. The lowest BCUT2D eigenvalue weighted by Crippen LogP contribution is -2.68. The number of carbonyl (C=O) groups excluding carboxylic acids is 2. The molecule has 0 saturated carbocycles. The Labute approximate surface area is 209 Å². The predicted molar refractivity (Wildman–Crippen MR) is 138 cm³/mol. The van der Waals surface area contributed by atoms with Crippen molar-refractivity contribution in [3.8, 4) is 5.75 Å². The minimum atomic E-state index is -0.573. The van der Waals surface area contributed by atoms with Crippen LogP contribution < -0.4 is 5.32 Å². The first-order valence-corrected chi connectivity index (χ1v) is 13.7.